The Bertz CT molecular complexity index is 1330. The van der Waals surface area contributed by atoms with Crippen LogP contribution in [0.1, 0.15) is 66.2 Å². The van der Waals surface area contributed by atoms with E-state index in [4.69, 9.17) is 25.2 Å². The van der Waals surface area contributed by atoms with Crippen molar-refractivity contribution in [3.63, 3.8) is 0 Å². The van der Waals surface area contributed by atoms with Crippen LogP contribution in [0.4, 0.5) is 20.3 Å². The minimum absolute atomic E-state index is 0.0966. The van der Waals surface area contributed by atoms with Crippen LogP contribution in [-0.2, 0) is 17.8 Å². The second-order valence-corrected chi connectivity index (χ2v) is 12.3. The van der Waals surface area contributed by atoms with Crippen LogP contribution in [0.2, 0.25) is 0 Å². The largest absolute Gasteiger partial charge is 0.461 e. The maximum Gasteiger partial charge on any atom is 0.318 e. The molecule has 4 saturated heterocycles. The predicted molar refractivity (Wildman–Crippen MR) is 150 cm³/mol. The minimum Gasteiger partial charge on any atom is -0.461 e. The molecule has 0 saturated carbocycles. The molecule has 3 N–H and O–H groups in total. The molecule has 2 bridgehead atoms. The molecule has 8 nitrogen and oxygen atoms in total. The van der Waals surface area contributed by atoms with Crippen LogP contribution in [0.3, 0.4) is 0 Å². The zero-order valence-electron chi connectivity index (χ0n) is 23.1. The van der Waals surface area contributed by atoms with Crippen LogP contribution in [0.15, 0.2) is 12.6 Å². The molecule has 0 aliphatic carbocycles. The van der Waals surface area contributed by atoms with Crippen molar-refractivity contribution in [3.05, 3.63) is 46.4 Å². The maximum atomic E-state index is 15.4. The van der Waals surface area contributed by atoms with E-state index in [1.54, 1.807) is 12.1 Å². The Labute approximate surface area is 233 Å². The van der Waals surface area contributed by atoms with Crippen molar-refractivity contribution in [1.29, 1.82) is 0 Å². The number of nitrogen functional groups attached to an aromatic ring is 1. The maximum absolute atomic E-state index is 15.4. The van der Waals surface area contributed by atoms with Gasteiger partial charge in [-0.3, -0.25) is 4.90 Å². The van der Waals surface area contributed by atoms with E-state index in [0.717, 1.165) is 68.0 Å². The number of rotatable bonds is 6. The molecule has 2 aromatic rings. The van der Waals surface area contributed by atoms with Crippen LogP contribution in [0.5, 0.6) is 6.01 Å². The first-order valence-electron chi connectivity index (χ1n) is 14.6. The van der Waals surface area contributed by atoms with Gasteiger partial charge in [-0.15, -0.1) is 0 Å². The Morgan fingerprint density at radius 1 is 1.27 bits per heavy atom. The lowest BCUT2D eigenvalue weighted by Gasteiger charge is -2.37. The summed E-state index contributed by atoms with van der Waals surface area (Å²) in [7, 11) is 0. The van der Waals surface area contributed by atoms with Gasteiger partial charge in [-0.25, -0.2) is 8.78 Å². The molecule has 0 amide bonds. The normalized spacial score (nSPS) is 31.3. The summed E-state index contributed by atoms with van der Waals surface area (Å²) in [6, 6.07) is 2.79. The number of aryl methyl sites for hydroxylation is 1. The molecule has 6 heterocycles. The van der Waals surface area contributed by atoms with Crippen molar-refractivity contribution in [2.24, 2.45) is 0 Å². The number of anilines is 2. The topological polar surface area (TPSA) is 88.8 Å². The van der Waals surface area contributed by atoms with Crippen LogP contribution < -0.4 is 20.7 Å². The van der Waals surface area contributed by atoms with Crippen molar-refractivity contribution in [2.45, 2.75) is 82.0 Å². The van der Waals surface area contributed by atoms with Gasteiger partial charge in [0, 0.05) is 55.7 Å². The summed E-state index contributed by atoms with van der Waals surface area (Å²) in [4.78, 5) is 14.4. The number of nitrogens with zero attached hydrogens (tertiary/aromatic N) is 4. The fourth-order valence-electron chi connectivity index (χ4n) is 7.81. The Morgan fingerprint density at radius 2 is 2.08 bits per heavy atom. The van der Waals surface area contributed by atoms with Crippen LogP contribution >= 0.6 is 0 Å². The minimum atomic E-state index is -0.825. The molecular formula is C30H38F2N6O2. The number of hydrogen-bond donors (Lipinski definition) is 2. The highest BCUT2D eigenvalue weighted by Gasteiger charge is 2.49. The monoisotopic (exact) mass is 552 g/mol. The summed E-state index contributed by atoms with van der Waals surface area (Å²) in [5, 5.41) is 3.68. The van der Waals surface area contributed by atoms with E-state index in [2.05, 4.69) is 21.7 Å². The number of nitrogens with two attached hydrogens (primary N) is 1. The lowest BCUT2D eigenvalue weighted by Crippen LogP contribution is -2.52. The summed E-state index contributed by atoms with van der Waals surface area (Å²) >= 11 is 0. The van der Waals surface area contributed by atoms with Gasteiger partial charge in [-0.1, -0.05) is 12.7 Å². The molecule has 40 heavy (non-hydrogen) atoms. The molecule has 5 aliphatic rings. The fourth-order valence-corrected chi connectivity index (χ4v) is 7.81. The Kier molecular flexibility index (Phi) is 6.47. The predicted octanol–water partition coefficient (Wildman–Crippen LogP) is 3.86. The zero-order valence-corrected chi connectivity index (χ0v) is 23.1. The van der Waals surface area contributed by atoms with Gasteiger partial charge in [0.25, 0.3) is 0 Å². The van der Waals surface area contributed by atoms with E-state index in [1.807, 2.05) is 6.92 Å². The van der Waals surface area contributed by atoms with Crippen molar-refractivity contribution in [1.82, 2.24) is 20.2 Å². The highest BCUT2D eigenvalue weighted by Crippen LogP contribution is 2.42. The average Bonchev–Trinajstić information content (AvgIpc) is 3.58. The third-order valence-electron chi connectivity index (χ3n) is 9.71. The van der Waals surface area contributed by atoms with Crippen LogP contribution in [-0.4, -0.2) is 71.4 Å². The molecule has 214 valence electrons. The molecule has 5 atom stereocenters. The molecule has 7 rings (SSSR count). The number of hydrogen-bond acceptors (Lipinski definition) is 8. The highest BCUT2D eigenvalue weighted by atomic mass is 19.1. The first kappa shape index (κ1) is 26.1. The third-order valence-corrected chi connectivity index (χ3v) is 9.71. The van der Waals surface area contributed by atoms with E-state index < -0.39 is 18.1 Å². The third kappa shape index (κ3) is 4.35. The summed E-state index contributed by atoms with van der Waals surface area (Å²) in [5.74, 6) is 0.362. The van der Waals surface area contributed by atoms with Crippen molar-refractivity contribution < 1.29 is 18.3 Å². The van der Waals surface area contributed by atoms with Gasteiger partial charge in [0.05, 0.1) is 29.6 Å². The Hall–Kier alpha value is -2.82. The van der Waals surface area contributed by atoms with E-state index in [0.29, 0.717) is 55.2 Å². The van der Waals surface area contributed by atoms with Gasteiger partial charge in [0.1, 0.15) is 18.6 Å². The zero-order chi connectivity index (χ0) is 27.6. The number of ether oxygens (including phenoxy) is 2. The number of benzene rings is 1. The van der Waals surface area contributed by atoms with E-state index in [1.165, 1.54) is 0 Å². The first-order chi connectivity index (χ1) is 19.3. The summed E-state index contributed by atoms with van der Waals surface area (Å²) in [6.45, 7) is 9.52. The Morgan fingerprint density at radius 3 is 2.85 bits per heavy atom. The molecule has 0 radical (unpaired) electrons. The fraction of sp³-hybridized carbons (Fsp3) is 0.600. The number of alkyl halides is 1. The summed E-state index contributed by atoms with van der Waals surface area (Å²) < 4.78 is 42.5. The lowest BCUT2D eigenvalue weighted by atomic mass is 9.91. The van der Waals surface area contributed by atoms with Crippen LogP contribution in [0.25, 0.3) is 6.08 Å². The standard InChI is InChI=1S/C30H38F2N6O2/c1-3-21-17(2)9-23(33)27(32)26(21)25-10-24-22(15-39-25)28(37-13-19-5-6-20(14-37)34-19)36-29(35-24)40-16-30-7-4-8-38(30)12-18(31)11-30/h3,9,18-20,25,34H,1,4-8,10-16,33H2,2H3/t18-,19?,20?,25?,30+/m1/s1. The SMILES string of the molecule is C=Cc1c(C)cc(N)c(F)c1C1Cc2nc(OC[C@@]34CCCN3C[C@H](F)C4)nc(N3CC4CCC(C3)N4)c2CO1. The highest BCUT2D eigenvalue weighted by molar-refractivity contribution is 5.63. The van der Waals surface area contributed by atoms with Gasteiger partial charge in [0.2, 0.25) is 0 Å². The first-order valence-corrected chi connectivity index (χ1v) is 14.6. The molecule has 1 aromatic heterocycles. The van der Waals surface area contributed by atoms with Gasteiger partial charge >= 0.3 is 6.01 Å². The van der Waals surface area contributed by atoms with Gasteiger partial charge < -0.3 is 25.4 Å². The second-order valence-electron chi connectivity index (χ2n) is 12.3. The smallest absolute Gasteiger partial charge is 0.318 e. The van der Waals surface area contributed by atoms with Crippen molar-refractivity contribution in [2.75, 3.05) is 43.4 Å². The van der Waals surface area contributed by atoms with Crippen molar-refractivity contribution in [3.8, 4) is 6.01 Å². The molecule has 3 unspecified atom stereocenters. The quantitative estimate of drug-likeness (QED) is 0.523. The van der Waals surface area contributed by atoms with Crippen LogP contribution in [0, 0.1) is 12.7 Å². The summed E-state index contributed by atoms with van der Waals surface area (Å²) in [5.41, 5.74) is 9.52. The van der Waals surface area contributed by atoms with E-state index in [-0.39, 0.29) is 17.8 Å². The molecule has 0 spiro atoms. The van der Waals surface area contributed by atoms with Crippen molar-refractivity contribution >= 4 is 17.6 Å². The molecular weight excluding hydrogens is 514 g/mol. The molecule has 10 heteroatoms. The Balaban J connectivity index is 1.23. The molecule has 4 fully saturated rings. The number of halogens is 2. The van der Waals surface area contributed by atoms with Gasteiger partial charge in [-0.2, -0.15) is 9.97 Å². The lowest BCUT2D eigenvalue weighted by molar-refractivity contribution is 0.0231. The van der Waals surface area contributed by atoms with Gasteiger partial charge in [-0.05, 0) is 56.3 Å². The average molecular weight is 553 g/mol. The second kappa shape index (κ2) is 9.92. The number of fused-ring (bicyclic) bond motifs is 4. The number of aromatic nitrogens is 2. The summed E-state index contributed by atoms with van der Waals surface area (Å²) in [6.07, 6.45) is 5.39. The number of nitrogens with one attached hydrogen (secondary N) is 1. The van der Waals surface area contributed by atoms with Gasteiger partial charge in [0.15, 0.2) is 5.82 Å². The number of piperazine rings is 1. The molecule has 1 aromatic carbocycles. The van der Waals surface area contributed by atoms with E-state index in [9.17, 15) is 4.39 Å². The van der Waals surface area contributed by atoms with E-state index >= 15 is 4.39 Å². The molecule has 5 aliphatic heterocycles.